The van der Waals surface area contributed by atoms with Gasteiger partial charge in [-0.25, -0.2) is 0 Å². The zero-order chi connectivity index (χ0) is 13.8. The van der Waals surface area contributed by atoms with Crippen LogP contribution in [0.1, 0.15) is 32.3 Å². The maximum absolute atomic E-state index is 11.0. The zero-order valence-electron chi connectivity index (χ0n) is 11.9. The summed E-state index contributed by atoms with van der Waals surface area (Å²) >= 11 is 0. The lowest BCUT2D eigenvalue weighted by molar-refractivity contribution is -0.129. The van der Waals surface area contributed by atoms with Gasteiger partial charge in [0.25, 0.3) is 0 Å². The van der Waals surface area contributed by atoms with Crippen molar-refractivity contribution in [1.29, 1.82) is 0 Å². The number of nitrogens with two attached hydrogens (primary N) is 1. The predicted octanol–water partition coefficient (Wildman–Crippen LogP) is 2.59. The number of carbonyl (C=O) groups is 1. The van der Waals surface area contributed by atoms with Gasteiger partial charge in [0, 0.05) is 13.1 Å². The van der Waals surface area contributed by atoms with Gasteiger partial charge < -0.3 is 10.6 Å². The molecule has 0 heterocycles. The van der Waals surface area contributed by atoms with Crippen molar-refractivity contribution >= 4 is 5.91 Å². The number of aryl methyl sites for hydroxylation is 1. The van der Waals surface area contributed by atoms with Gasteiger partial charge in [-0.15, -0.1) is 0 Å². The Morgan fingerprint density at radius 2 is 1.83 bits per heavy atom. The second-order valence-corrected chi connectivity index (χ2v) is 4.19. The molecule has 0 spiro atoms. The third-order valence-corrected chi connectivity index (χ3v) is 2.63. The Morgan fingerprint density at radius 1 is 1.22 bits per heavy atom. The first kappa shape index (κ1) is 16.6. The molecule has 2 N–H and O–H groups in total. The lowest BCUT2D eigenvalue weighted by Crippen LogP contribution is -2.36. The molecule has 0 bridgehead atoms. The van der Waals surface area contributed by atoms with Crippen molar-refractivity contribution in [1.82, 2.24) is 4.90 Å². The van der Waals surface area contributed by atoms with E-state index in [0.717, 1.165) is 25.9 Å². The smallest absolute Gasteiger partial charge is 0.236 e. The van der Waals surface area contributed by atoms with Crippen LogP contribution in [0.25, 0.3) is 0 Å². The van der Waals surface area contributed by atoms with Crippen LogP contribution in [0.5, 0.6) is 0 Å². The average Bonchev–Trinajstić information content (AvgIpc) is 2.41. The van der Waals surface area contributed by atoms with Gasteiger partial charge in [-0.05, 0) is 20.3 Å². The Morgan fingerprint density at radius 3 is 2.17 bits per heavy atom. The van der Waals surface area contributed by atoms with Gasteiger partial charge in [-0.1, -0.05) is 49.2 Å². The molecule has 0 radical (unpaired) electrons. The van der Waals surface area contributed by atoms with E-state index in [1.165, 1.54) is 5.56 Å². The van der Waals surface area contributed by atoms with E-state index < -0.39 is 0 Å². The molecule has 0 unspecified atom stereocenters. The van der Waals surface area contributed by atoms with Crippen LogP contribution in [0.15, 0.2) is 30.3 Å². The Balaban J connectivity index is 0.000000351. The number of hydrogen-bond acceptors (Lipinski definition) is 2. The van der Waals surface area contributed by atoms with E-state index in [4.69, 9.17) is 5.73 Å². The monoisotopic (exact) mass is 250 g/mol. The van der Waals surface area contributed by atoms with Gasteiger partial charge in [0.2, 0.25) is 5.91 Å². The number of nitrogens with zero attached hydrogens (tertiary/aromatic N) is 1. The summed E-state index contributed by atoms with van der Waals surface area (Å²) in [6, 6.07) is 10.3. The Hall–Kier alpha value is -1.35. The number of carbonyl (C=O) groups excluding carboxylic acids is 1. The Bertz CT molecular complexity index is 312. The second-order valence-electron chi connectivity index (χ2n) is 4.19. The van der Waals surface area contributed by atoms with Crippen molar-refractivity contribution in [2.24, 2.45) is 5.73 Å². The first-order valence-corrected chi connectivity index (χ1v) is 6.65. The molecule has 1 aromatic carbocycles. The fraction of sp³-hybridized carbons (Fsp3) is 0.533. The topological polar surface area (TPSA) is 46.3 Å². The molecule has 0 atom stereocenters. The molecule has 1 rings (SSSR count). The van der Waals surface area contributed by atoms with Crippen LogP contribution in [0.3, 0.4) is 0 Å². The van der Waals surface area contributed by atoms with Crippen LogP contribution in [0.4, 0.5) is 0 Å². The number of hydrogen-bond donors (Lipinski definition) is 1. The lowest BCUT2D eigenvalue weighted by atomic mass is 10.2. The van der Waals surface area contributed by atoms with E-state index in [1.54, 1.807) is 4.90 Å². The molecule has 3 heteroatoms. The van der Waals surface area contributed by atoms with Crippen molar-refractivity contribution < 1.29 is 4.79 Å². The van der Waals surface area contributed by atoms with Crippen molar-refractivity contribution in [3.05, 3.63) is 35.9 Å². The highest BCUT2D eigenvalue weighted by Gasteiger charge is 2.06. The first-order valence-electron chi connectivity index (χ1n) is 6.65. The molecule has 102 valence electrons. The maximum atomic E-state index is 11.0. The highest BCUT2D eigenvalue weighted by atomic mass is 16.2. The lowest BCUT2D eigenvalue weighted by Gasteiger charge is -2.19. The Kier molecular flexibility index (Phi) is 9.97. The van der Waals surface area contributed by atoms with E-state index in [1.807, 2.05) is 25.1 Å². The van der Waals surface area contributed by atoms with Crippen molar-refractivity contribution in [3.63, 3.8) is 0 Å². The number of likely N-dealkylation sites (N-methyl/N-ethyl adjacent to an activating group) is 1. The van der Waals surface area contributed by atoms with Gasteiger partial charge in [0.15, 0.2) is 0 Å². The van der Waals surface area contributed by atoms with Gasteiger partial charge in [0.1, 0.15) is 0 Å². The number of benzene rings is 1. The molecule has 1 amide bonds. The molecule has 0 fully saturated rings. The van der Waals surface area contributed by atoms with Crippen LogP contribution in [0.2, 0.25) is 0 Å². The first-order chi connectivity index (χ1) is 8.65. The molecule has 1 aromatic rings. The summed E-state index contributed by atoms with van der Waals surface area (Å²) in [5.74, 6) is 0.0564. The SMILES string of the molecule is CCCCN(CC)C(=O)CN.Cc1ccccc1. The summed E-state index contributed by atoms with van der Waals surface area (Å²) in [5, 5.41) is 0. The maximum Gasteiger partial charge on any atom is 0.236 e. The summed E-state index contributed by atoms with van der Waals surface area (Å²) in [7, 11) is 0. The van der Waals surface area contributed by atoms with Gasteiger partial charge >= 0.3 is 0 Å². The number of amides is 1. The minimum atomic E-state index is 0.0564. The quantitative estimate of drug-likeness (QED) is 0.873. The summed E-state index contributed by atoms with van der Waals surface area (Å²) in [5.41, 5.74) is 6.55. The molecule has 0 saturated heterocycles. The summed E-state index contributed by atoms with van der Waals surface area (Å²) in [6.07, 6.45) is 2.19. The molecule has 0 aliphatic rings. The Labute approximate surface area is 111 Å². The minimum absolute atomic E-state index is 0.0564. The van der Waals surface area contributed by atoms with Crippen molar-refractivity contribution in [2.45, 2.75) is 33.6 Å². The number of rotatable bonds is 5. The molecular weight excluding hydrogens is 224 g/mol. The van der Waals surface area contributed by atoms with Gasteiger partial charge in [0.05, 0.1) is 6.54 Å². The summed E-state index contributed by atoms with van der Waals surface area (Å²) in [6.45, 7) is 7.93. The van der Waals surface area contributed by atoms with E-state index in [2.05, 4.69) is 26.0 Å². The van der Waals surface area contributed by atoms with Gasteiger partial charge in [-0.3, -0.25) is 4.79 Å². The van der Waals surface area contributed by atoms with Crippen molar-refractivity contribution in [3.8, 4) is 0 Å². The summed E-state index contributed by atoms with van der Waals surface area (Å²) in [4.78, 5) is 12.8. The third kappa shape index (κ3) is 7.85. The van der Waals surface area contributed by atoms with Crippen LogP contribution in [-0.4, -0.2) is 30.4 Å². The van der Waals surface area contributed by atoms with E-state index in [9.17, 15) is 4.79 Å². The fourth-order valence-corrected chi connectivity index (χ4v) is 1.47. The second kappa shape index (κ2) is 10.8. The van der Waals surface area contributed by atoms with Crippen LogP contribution >= 0.6 is 0 Å². The fourth-order valence-electron chi connectivity index (χ4n) is 1.47. The van der Waals surface area contributed by atoms with Crippen LogP contribution in [-0.2, 0) is 4.79 Å². The highest BCUT2D eigenvalue weighted by Crippen LogP contribution is 1.94. The van der Waals surface area contributed by atoms with Crippen LogP contribution < -0.4 is 5.73 Å². The number of unbranched alkanes of at least 4 members (excludes halogenated alkanes) is 1. The molecule has 0 aliphatic heterocycles. The molecule has 0 saturated carbocycles. The molecular formula is C15H26N2O. The molecule has 18 heavy (non-hydrogen) atoms. The average molecular weight is 250 g/mol. The predicted molar refractivity (Wildman–Crippen MR) is 77.4 cm³/mol. The van der Waals surface area contributed by atoms with E-state index >= 15 is 0 Å². The third-order valence-electron chi connectivity index (χ3n) is 2.63. The largest absolute Gasteiger partial charge is 0.342 e. The normalized spacial score (nSPS) is 9.33. The highest BCUT2D eigenvalue weighted by molar-refractivity contribution is 5.77. The molecule has 0 aromatic heterocycles. The standard InChI is InChI=1S/C8H18N2O.C7H8/c1-3-5-6-10(4-2)8(11)7-9;1-7-5-3-2-4-6-7/h3-7,9H2,1-2H3;2-6H,1H3. The zero-order valence-corrected chi connectivity index (χ0v) is 11.9. The molecule has 3 nitrogen and oxygen atoms in total. The van der Waals surface area contributed by atoms with Gasteiger partial charge in [-0.2, -0.15) is 0 Å². The van der Waals surface area contributed by atoms with E-state index in [0.29, 0.717) is 0 Å². The summed E-state index contributed by atoms with van der Waals surface area (Å²) < 4.78 is 0. The van der Waals surface area contributed by atoms with E-state index in [-0.39, 0.29) is 12.5 Å². The minimum Gasteiger partial charge on any atom is -0.342 e. The van der Waals surface area contributed by atoms with Crippen molar-refractivity contribution in [2.75, 3.05) is 19.6 Å². The molecule has 0 aliphatic carbocycles. The van der Waals surface area contributed by atoms with Crippen LogP contribution in [0, 0.1) is 6.92 Å².